The number of rotatable bonds is 6. The Morgan fingerprint density at radius 1 is 1.12 bits per heavy atom. The second kappa shape index (κ2) is 9.66. The van der Waals surface area contributed by atoms with E-state index in [1.54, 1.807) is 0 Å². The molecule has 0 aromatic rings. The molecule has 0 aromatic heterocycles. The fraction of sp³-hybridized carbons (Fsp3) is 0.821. The van der Waals surface area contributed by atoms with Gasteiger partial charge in [-0.15, -0.1) is 0 Å². The van der Waals surface area contributed by atoms with E-state index in [0.29, 0.717) is 30.2 Å². The van der Waals surface area contributed by atoms with E-state index in [9.17, 15) is 14.4 Å². The van der Waals surface area contributed by atoms with Crippen molar-refractivity contribution in [3.8, 4) is 0 Å². The number of hydrogen-bond donors (Lipinski definition) is 1. The molecule has 6 nitrogen and oxygen atoms in total. The standard InChI is InChI=1S/C28H43NO5/c1-17(26(32)29-15-12-25(31)33-5)22-8-9-23-21-7-6-19-16-20(34-18(2)30)10-13-27(19,3)24(21)11-14-28(22,23)4/h6,17,20-24H,7-16H2,1-5H3,(H,29,32)/t17-,20-,21?,22+,23-,24-,27-,28+/m0/s1. The maximum Gasteiger partial charge on any atom is 0.307 e. The lowest BCUT2D eigenvalue weighted by Crippen LogP contribution is -2.51. The molecule has 4 aliphatic rings. The molecule has 34 heavy (non-hydrogen) atoms. The van der Waals surface area contributed by atoms with Crippen LogP contribution in [0, 0.1) is 40.4 Å². The van der Waals surface area contributed by atoms with Crippen LogP contribution in [0.25, 0.3) is 0 Å². The van der Waals surface area contributed by atoms with Gasteiger partial charge >= 0.3 is 11.9 Å². The highest BCUT2D eigenvalue weighted by Crippen LogP contribution is 2.67. The third kappa shape index (κ3) is 4.42. The van der Waals surface area contributed by atoms with E-state index < -0.39 is 0 Å². The topological polar surface area (TPSA) is 81.7 Å². The summed E-state index contributed by atoms with van der Waals surface area (Å²) in [4.78, 5) is 35.8. The molecule has 0 aliphatic heterocycles. The van der Waals surface area contributed by atoms with Gasteiger partial charge in [-0.2, -0.15) is 0 Å². The average molecular weight is 474 g/mol. The summed E-state index contributed by atoms with van der Waals surface area (Å²) >= 11 is 0. The van der Waals surface area contributed by atoms with Crippen molar-refractivity contribution in [2.45, 2.75) is 91.6 Å². The van der Waals surface area contributed by atoms with Crippen LogP contribution in [0.4, 0.5) is 0 Å². The molecule has 6 heteroatoms. The Morgan fingerprint density at radius 3 is 2.59 bits per heavy atom. The molecular weight excluding hydrogens is 430 g/mol. The molecular formula is C28H43NO5. The van der Waals surface area contributed by atoms with Crippen molar-refractivity contribution in [3.63, 3.8) is 0 Å². The number of carbonyl (C=O) groups is 3. The Hall–Kier alpha value is -1.85. The van der Waals surface area contributed by atoms with E-state index in [0.717, 1.165) is 32.1 Å². The summed E-state index contributed by atoms with van der Waals surface area (Å²) in [7, 11) is 1.37. The van der Waals surface area contributed by atoms with Gasteiger partial charge in [0.15, 0.2) is 0 Å². The number of allylic oxidation sites excluding steroid dienone is 1. The van der Waals surface area contributed by atoms with E-state index in [1.807, 2.05) is 0 Å². The van der Waals surface area contributed by atoms with Crippen LogP contribution in [0.3, 0.4) is 0 Å². The number of methoxy groups -OCH3 is 1. The summed E-state index contributed by atoms with van der Waals surface area (Å²) in [5.41, 5.74) is 1.93. The molecule has 0 saturated heterocycles. The lowest BCUT2D eigenvalue weighted by atomic mass is 9.47. The Balaban J connectivity index is 1.44. The summed E-state index contributed by atoms with van der Waals surface area (Å²) in [5, 5.41) is 2.97. The van der Waals surface area contributed by atoms with Gasteiger partial charge in [0.25, 0.3) is 0 Å². The molecule has 1 amide bonds. The molecule has 0 bridgehead atoms. The number of hydrogen-bond acceptors (Lipinski definition) is 5. The number of esters is 2. The van der Waals surface area contributed by atoms with Crippen molar-refractivity contribution in [2.75, 3.05) is 13.7 Å². The van der Waals surface area contributed by atoms with E-state index in [2.05, 4.69) is 36.9 Å². The minimum atomic E-state index is -0.292. The molecule has 0 aromatic carbocycles. The van der Waals surface area contributed by atoms with Crippen LogP contribution in [0.1, 0.15) is 85.5 Å². The number of fused-ring (bicyclic) bond motifs is 5. The summed E-state index contributed by atoms with van der Waals surface area (Å²) in [6.45, 7) is 8.84. The van der Waals surface area contributed by atoms with Crippen molar-refractivity contribution in [1.82, 2.24) is 5.32 Å². The zero-order valence-corrected chi connectivity index (χ0v) is 21.7. The fourth-order valence-electron chi connectivity index (χ4n) is 8.56. The molecule has 0 heterocycles. The van der Waals surface area contributed by atoms with Crippen LogP contribution in [-0.2, 0) is 23.9 Å². The first-order valence-corrected chi connectivity index (χ1v) is 13.3. The van der Waals surface area contributed by atoms with Crippen LogP contribution < -0.4 is 5.32 Å². The molecule has 0 radical (unpaired) electrons. The first kappa shape index (κ1) is 25.2. The van der Waals surface area contributed by atoms with E-state index in [4.69, 9.17) is 4.74 Å². The van der Waals surface area contributed by atoms with Gasteiger partial charge in [-0.05, 0) is 79.4 Å². The minimum Gasteiger partial charge on any atom is -0.469 e. The normalized spacial score (nSPS) is 39.6. The minimum absolute atomic E-state index is 0.0386. The molecule has 3 saturated carbocycles. The number of ether oxygens (including phenoxy) is 2. The first-order valence-electron chi connectivity index (χ1n) is 13.3. The lowest BCUT2D eigenvalue weighted by molar-refractivity contribution is -0.148. The zero-order valence-electron chi connectivity index (χ0n) is 21.7. The van der Waals surface area contributed by atoms with Crippen LogP contribution in [0.15, 0.2) is 11.6 Å². The number of amides is 1. The Morgan fingerprint density at radius 2 is 1.88 bits per heavy atom. The Labute approximate surface area is 204 Å². The zero-order chi connectivity index (χ0) is 24.7. The third-order valence-electron chi connectivity index (χ3n) is 10.3. The first-order chi connectivity index (χ1) is 16.1. The smallest absolute Gasteiger partial charge is 0.307 e. The lowest BCUT2D eigenvalue weighted by Gasteiger charge is -2.58. The van der Waals surface area contributed by atoms with Crippen LogP contribution in [-0.4, -0.2) is 37.6 Å². The molecule has 1 N–H and O–H groups in total. The Kier molecular flexibility index (Phi) is 7.17. The van der Waals surface area contributed by atoms with Crippen LogP contribution >= 0.6 is 0 Å². The summed E-state index contributed by atoms with van der Waals surface area (Å²) < 4.78 is 10.3. The highest BCUT2D eigenvalue weighted by molar-refractivity contribution is 5.79. The van der Waals surface area contributed by atoms with Gasteiger partial charge in [-0.3, -0.25) is 14.4 Å². The van der Waals surface area contributed by atoms with Crippen LogP contribution in [0.2, 0.25) is 0 Å². The second-order valence-corrected chi connectivity index (χ2v) is 11.9. The van der Waals surface area contributed by atoms with Crippen molar-refractivity contribution in [1.29, 1.82) is 0 Å². The number of nitrogens with one attached hydrogen (secondary N) is 1. The summed E-state index contributed by atoms with van der Waals surface area (Å²) in [5.74, 6) is 1.96. The molecule has 4 rings (SSSR count). The van der Waals surface area contributed by atoms with E-state index in [-0.39, 0.29) is 47.1 Å². The van der Waals surface area contributed by atoms with Gasteiger partial charge in [-0.25, -0.2) is 0 Å². The molecule has 1 unspecified atom stereocenters. The van der Waals surface area contributed by atoms with Crippen molar-refractivity contribution in [2.24, 2.45) is 40.4 Å². The third-order valence-corrected chi connectivity index (χ3v) is 10.3. The van der Waals surface area contributed by atoms with Gasteiger partial charge < -0.3 is 14.8 Å². The van der Waals surface area contributed by atoms with E-state index >= 15 is 0 Å². The van der Waals surface area contributed by atoms with Gasteiger partial charge in [0, 0.05) is 25.8 Å². The summed E-state index contributed by atoms with van der Waals surface area (Å²) in [6, 6.07) is 0. The highest BCUT2D eigenvalue weighted by atomic mass is 16.5. The molecule has 8 atom stereocenters. The van der Waals surface area contributed by atoms with Gasteiger partial charge in [-0.1, -0.05) is 32.4 Å². The maximum absolute atomic E-state index is 12.9. The second-order valence-electron chi connectivity index (χ2n) is 11.9. The SMILES string of the molecule is COC(=O)CCNC(=O)[C@@H](C)[C@H]1CC[C@H]2C3CC=C4C[C@@H](OC(C)=O)CC[C@]4(C)[C@H]3CC[C@]12C. The highest BCUT2D eigenvalue weighted by Gasteiger charge is 2.59. The van der Waals surface area contributed by atoms with Crippen molar-refractivity contribution < 1.29 is 23.9 Å². The average Bonchev–Trinajstić information content (AvgIpc) is 3.15. The Bertz CT molecular complexity index is 852. The van der Waals surface area contributed by atoms with Gasteiger partial charge in [0.05, 0.1) is 13.5 Å². The predicted octanol–water partition coefficient (Wildman–Crippen LogP) is 4.81. The monoisotopic (exact) mass is 473 g/mol. The molecule has 4 aliphatic carbocycles. The number of carbonyl (C=O) groups excluding carboxylic acids is 3. The quantitative estimate of drug-likeness (QED) is 0.442. The fourth-order valence-corrected chi connectivity index (χ4v) is 8.56. The maximum atomic E-state index is 12.9. The molecule has 3 fully saturated rings. The molecule has 190 valence electrons. The largest absolute Gasteiger partial charge is 0.469 e. The van der Waals surface area contributed by atoms with Crippen molar-refractivity contribution >= 4 is 17.8 Å². The van der Waals surface area contributed by atoms with E-state index in [1.165, 1.54) is 38.9 Å². The molecule has 0 spiro atoms. The van der Waals surface area contributed by atoms with Crippen LogP contribution in [0.5, 0.6) is 0 Å². The van der Waals surface area contributed by atoms with Gasteiger partial charge in [0.1, 0.15) is 6.10 Å². The van der Waals surface area contributed by atoms with Crippen molar-refractivity contribution in [3.05, 3.63) is 11.6 Å². The van der Waals surface area contributed by atoms with Gasteiger partial charge in [0.2, 0.25) is 5.91 Å². The predicted molar refractivity (Wildman–Crippen MR) is 130 cm³/mol. The summed E-state index contributed by atoms with van der Waals surface area (Å²) in [6.07, 6.45) is 11.5.